The lowest BCUT2D eigenvalue weighted by atomic mass is 9.88. The van der Waals surface area contributed by atoms with Gasteiger partial charge < -0.3 is 0 Å². The van der Waals surface area contributed by atoms with Crippen molar-refractivity contribution in [3.63, 3.8) is 0 Å². The predicted octanol–water partition coefficient (Wildman–Crippen LogP) is 4.68. The molecule has 0 aliphatic rings. The quantitative estimate of drug-likeness (QED) is 0.643. The molecule has 2 rings (SSSR count). The van der Waals surface area contributed by atoms with Gasteiger partial charge in [-0.2, -0.15) is 0 Å². The molecule has 0 aromatic heterocycles. The molecule has 19 heavy (non-hydrogen) atoms. The van der Waals surface area contributed by atoms with E-state index in [0.29, 0.717) is 5.41 Å². The molecule has 0 aliphatic carbocycles. The Morgan fingerprint density at radius 1 is 0.737 bits per heavy atom. The standard InChI is InChI=1S/C19H20/c1-19(2,3)15-18-13-11-17(12-14-18)10-9-16-7-5-4-6-8-16/h4-8,11-14H,15H2,1-3H3. The van der Waals surface area contributed by atoms with Crippen molar-refractivity contribution < 1.29 is 0 Å². The highest BCUT2D eigenvalue weighted by Gasteiger charge is 2.10. The molecule has 0 amide bonds. The Kier molecular flexibility index (Phi) is 4.07. The molecule has 96 valence electrons. The molecule has 0 N–H and O–H groups in total. The summed E-state index contributed by atoms with van der Waals surface area (Å²) < 4.78 is 0. The maximum absolute atomic E-state index is 3.20. The van der Waals surface area contributed by atoms with Crippen LogP contribution in [0, 0.1) is 17.3 Å². The lowest BCUT2D eigenvalue weighted by Gasteiger charge is -2.17. The highest BCUT2D eigenvalue weighted by atomic mass is 14.2. The molecule has 0 spiro atoms. The van der Waals surface area contributed by atoms with Crippen molar-refractivity contribution >= 4 is 0 Å². The summed E-state index contributed by atoms with van der Waals surface area (Å²) >= 11 is 0. The van der Waals surface area contributed by atoms with E-state index in [1.165, 1.54) is 5.56 Å². The average Bonchev–Trinajstić information content (AvgIpc) is 2.37. The van der Waals surface area contributed by atoms with Gasteiger partial charge in [-0.05, 0) is 41.7 Å². The molecule has 0 atom stereocenters. The summed E-state index contributed by atoms with van der Waals surface area (Å²) in [4.78, 5) is 0. The maximum Gasteiger partial charge on any atom is 0.0249 e. The van der Waals surface area contributed by atoms with Crippen molar-refractivity contribution in [2.24, 2.45) is 5.41 Å². The van der Waals surface area contributed by atoms with Gasteiger partial charge in [0.15, 0.2) is 0 Å². The summed E-state index contributed by atoms with van der Waals surface area (Å²) in [6.45, 7) is 6.78. The Morgan fingerprint density at radius 3 is 1.79 bits per heavy atom. The molecule has 0 nitrogen and oxygen atoms in total. The van der Waals surface area contributed by atoms with Gasteiger partial charge in [0.2, 0.25) is 0 Å². The number of benzene rings is 2. The van der Waals surface area contributed by atoms with E-state index in [-0.39, 0.29) is 0 Å². The summed E-state index contributed by atoms with van der Waals surface area (Å²) in [5.41, 5.74) is 3.83. The zero-order valence-corrected chi connectivity index (χ0v) is 11.9. The third-order valence-corrected chi connectivity index (χ3v) is 2.81. The van der Waals surface area contributed by atoms with Gasteiger partial charge in [0.1, 0.15) is 0 Å². The molecule has 2 aromatic carbocycles. The summed E-state index contributed by atoms with van der Waals surface area (Å²) in [5.74, 6) is 6.38. The molecule has 0 fully saturated rings. The lowest BCUT2D eigenvalue weighted by molar-refractivity contribution is 0.411. The van der Waals surface area contributed by atoms with Crippen molar-refractivity contribution in [3.05, 3.63) is 71.3 Å². The molecule has 0 saturated carbocycles. The van der Waals surface area contributed by atoms with Crippen molar-refractivity contribution in [1.29, 1.82) is 0 Å². The number of hydrogen-bond acceptors (Lipinski definition) is 0. The minimum Gasteiger partial charge on any atom is -0.0622 e. The molecule has 0 saturated heterocycles. The van der Waals surface area contributed by atoms with Crippen molar-refractivity contribution in [3.8, 4) is 11.8 Å². The summed E-state index contributed by atoms with van der Waals surface area (Å²) in [6.07, 6.45) is 1.10. The molecule has 0 unspecified atom stereocenters. The Hall–Kier alpha value is -2.00. The van der Waals surface area contributed by atoms with Gasteiger partial charge in [0.05, 0.1) is 0 Å². The second kappa shape index (κ2) is 5.76. The van der Waals surface area contributed by atoms with Crippen LogP contribution in [0.25, 0.3) is 0 Å². The highest BCUT2D eigenvalue weighted by Crippen LogP contribution is 2.20. The van der Waals surface area contributed by atoms with Crippen LogP contribution < -0.4 is 0 Å². The molecule has 0 heteroatoms. The Morgan fingerprint density at radius 2 is 1.26 bits per heavy atom. The Labute approximate surface area is 116 Å². The lowest BCUT2D eigenvalue weighted by Crippen LogP contribution is -2.08. The second-order valence-electron chi connectivity index (χ2n) is 6.05. The highest BCUT2D eigenvalue weighted by molar-refractivity contribution is 5.43. The summed E-state index contributed by atoms with van der Waals surface area (Å²) in [7, 11) is 0. The fourth-order valence-corrected chi connectivity index (χ4v) is 1.98. The third-order valence-electron chi connectivity index (χ3n) is 2.81. The van der Waals surface area contributed by atoms with E-state index >= 15 is 0 Å². The van der Waals surface area contributed by atoms with E-state index in [2.05, 4.69) is 56.9 Å². The molecule has 0 bridgehead atoms. The van der Waals surface area contributed by atoms with Gasteiger partial charge in [0.25, 0.3) is 0 Å². The van der Waals surface area contributed by atoms with Crippen molar-refractivity contribution in [1.82, 2.24) is 0 Å². The zero-order chi connectivity index (χ0) is 13.7. The normalized spacial score (nSPS) is 10.7. The molecule has 0 heterocycles. The van der Waals surface area contributed by atoms with Crippen LogP contribution in [-0.2, 0) is 6.42 Å². The van der Waals surface area contributed by atoms with Crippen LogP contribution in [-0.4, -0.2) is 0 Å². The fraction of sp³-hybridized carbons (Fsp3) is 0.263. The van der Waals surface area contributed by atoms with E-state index in [1.807, 2.05) is 30.3 Å². The first-order valence-electron chi connectivity index (χ1n) is 6.69. The van der Waals surface area contributed by atoms with Gasteiger partial charge in [-0.1, -0.05) is 62.9 Å². The molecular formula is C19H20. The van der Waals surface area contributed by atoms with Gasteiger partial charge in [0, 0.05) is 11.1 Å². The van der Waals surface area contributed by atoms with E-state index in [9.17, 15) is 0 Å². The smallest absolute Gasteiger partial charge is 0.0249 e. The van der Waals surface area contributed by atoms with Crippen LogP contribution in [0.5, 0.6) is 0 Å². The first-order chi connectivity index (χ1) is 9.03. The molecule has 2 aromatic rings. The van der Waals surface area contributed by atoms with Gasteiger partial charge in [-0.3, -0.25) is 0 Å². The third kappa shape index (κ3) is 4.64. The van der Waals surface area contributed by atoms with E-state index in [0.717, 1.165) is 17.5 Å². The van der Waals surface area contributed by atoms with Gasteiger partial charge >= 0.3 is 0 Å². The fourth-order valence-electron chi connectivity index (χ4n) is 1.98. The topological polar surface area (TPSA) is 0 Å². The van der Waals surface area contributed by atoms with Crippen LogP contribution in [0.3, 0.4) is 0 Å². The maximum atomic E-state index is 3.20. The van der Waals surface area contributed by atoms with Crippen LogP contribution in [0.15, 0.2) is 54.6 Å². The van der Waals surface area contributed by atoms with Crippen LogP contribution in [0.1, 0.15) is 37.5 Å². The molecular weight excluding hydrogens is 228 g/mol. The minimum absolute atomic E-state index is 0.331. The van der Waals surface area contributed by atoms with Crippen LogP contribution in [0.4, 0.5) is 0 Å². The zero-order valence-electron chi connectivity index (χ0n) is 11.9. The largest absolute Gasteiger partial charge is 0.0622 e. The van der Waals surface area contributed by atoms with Crippen molar-refractivity contribution in [2.75, 3.05) is 0 Å². The van der Waals surface area contributed by atoms with E-state index in [4.69, 9.17) is 0 Å². The predicted molar refractivity (Wildman–Crippen MR) is 82.0 cm³/mol. The van der Waals surface area contributed by atoms with Crippen LogP contribution >= 0.6 is 0 Å². The minimum atomic E-state index is 0.331. The van der Waals surface area contributed by atoms with Crippen LogP contribution in [0.2, 0.25) is 0 Å². The van der Waals surface area contributed by atoms with E-state index in [1.54, 1.807) is 0 Å². The first kappa shape index (κ1) is 13.4. The Balaban J connectivity index is 2.10. The first-order valence-corrected chi connectivity index (χ1v) is 6.69. The van der Waals surface area contributed by atoms with Gasteiger partial charge in [-0.25, -0.2) is 0 Å². The van der Waals surface area contributed by atoms with E-state index < -0.39 is 0 Å². The van der Waals surface area contributed by atoms with Gasteiger partial charge in [-0.15, -0.1) is 0 Å². The van der Waals surface area contributed by atoms with Crippen molar-refractivity contribution in [2.45, 2.75) is 27.2 Å². The average molecular weight is 248 g/mol. The number of hydrogen-bond donors (Lipinski definition) is 0. The Bertz CT molecular complexity index is 572. The monoisotopic (exact) mass is 248 g/mol. The summed E-state index contributed by atoms with van der Waals surface area (Å²) in [5, 5.41) is 0. The number of rotatable bonds is 1. The SMILES string of the molecule is CC(C)(C)Cc1ccc(C#Cc2ccccc2)cc1. The molecule has 0 radical (unpaired) electrons. The summed E-state index contributed by atoms with van der Waals surface area (Å²) in [6, 6.07) is 18.7. The molecule has 0 aliphatic heterocycles. The second-order valence-corrected chi connectivity index (χ2v) is 6.05.